The van der Waals surface area contributed by atoms with E-state index in [9.17, 15) is 45.7 Å². The SMILES string of the molecule is C=C(C)C(=O)NCCCCC(NS(=O)(=O)c1cc(S(=O)[O-])c2ccc3c(S(=O)[O-])cc(O)c4ccc1c2c43)C(=O)O. The van der Waals surface area contributed by atoms with Crippen LogP contribution in [0, 0.1) is 0 Å². The maximum absolute atomic E-state index is 13.6. The summed E-state index contributed by atoms with van der Waals surface area (Å²) < 4.78 is 77.4. The smallest absolute Gasteiger partial charge is 0.321 e. The average Bonchev–Trinajstić information content (AvgIpc) is 2.90. The second-order valence-electron chi connectivity index (χ2n) is 9.35. The number of amides is 1. The number of carbonyl (C=O) groups excluding carboxylic acids is 1. The number of nitrogens with one attached hydrogen (secondary N) is 2. The molecule has 3 atom stereocenters. The summed E-state index contributed by atoms with van der Waals surface area (Å²) in [6.45, 7) is 5.27. The minimum absolute atomic E-state index is 0.000299. The topological polar surface area (TPSA) is 213 Å². The van der Waals surface area contributed by atoms with E-state index in [-0.39, 0.29) is 62.5 Å². The fourth-order valence-electron chi connectivity index (χ4n) is 4.69. The van der Waals surface area contributed by atoms with Crippen molar-refractivity contribution >= 4 is 76.4 Å². The van der Waals surface area contributed by atoms with Crippen molar-refractivity contribution in [2.75, 3.05) is 6.54 Å². The predicted octanol–water partition coefficient (Wildman–Crippen LogP) is 2.36. The number of sulfonamides is 1. The van der Waals surface area contributed by atoms with Crippen molar-refractivity contribution in [2.45, 2.75) is 46.9 Å². The molecule has 3 unspecified atom stereocenters. The largest absolute Gasteiger partial charge is 0.768 e. The Balaban J connectivity index is 1.80. The van der Waals surface area contributed by atoms with Crippen molar-refractivity contribution in [3.63, 3.8) is 0 Å². The molecule has 4 aromatic carbocycles. The number of carboxylic acid groups (broad SMARTS) is 1. The molecule has 0 fully saturated rings. The third-order valence-electron chi connectivity index (χ3n) is 6.60. The molecule has 0 spiro atoms. The molecule has 15 heteroatoms. The number of phenolic OH excluding ortho intramolecular Hbond substituents is 1. The van der Waals surface area contributed by atoms with Crippen molar-refractivity contribution in [1.29, 1.82) is 0 Å². The number of unbranched alkanes of at least 4 members (excludes halogenated alkanes) is 1. The van der Waals surface area contributed by atoms with Gasteiger partial charge >= 0.3 is 5.97 Å². The monoisotopic (exact) mass is 620 g/mol. The van der Waals surface area contributed by atoms with E-state index in [0.717, 1.165) is 12.1 Å². The van der Waals surface area contributed by atoms with Gasteiger partial charge in [-0.15, -0.1) is 0 Å². The molecule has 41 heavy (non-hydrogen) atoms. The normalized spacial score (nSPS) is 14.3. The molecule has 0 radical (unpaired) electrons. The Hall–Kier alpha value is -3.47. The number of carboxylic acids is 1. The van der Waals surface area contributed by atoms with E-state index in [1.54, 1.807) is 0 Å². The molecule has 4 rings (SSSR count). The van der Waals surface area contributed by atoms with Crippen LogP contribution in [0.2, 0.25) is 0 Å². The molecule has 12 nitrogen and oxygen atoms in total. The van der Waals surface area contributed by atoms with Gasteiger partial charge in [0.1, 0.15) is 11.8 Å². The lowest BCUT2D eigenvalue weighted by molar-refractivity contribution is -0.139. The van der Waals surface area contributed by atoms with Gasteiger partial charge in [0, 0.05) is 43.5 Å². The molecule has 218 valence electrons. The van der Waals surface area contributed by atoms with E-state index in [1.165, 1.54) is 31.2 Å². The van der Waals surface area contributed by atoms with Gasteiger partial charge in [-0.05, 0) is 77.3 Å². The molecule has 0 aliphatic heterocycles. The molecule has 0 aliphatic rings. The second kappa shape index (κ2) is 11.8. The summed E-state index contributed by atoms with van der Waals surface area (Å²) in [6, 6.07) is 5.80. The van der Waals surface area contributed by atoms with Crippen LogP contribution >= 0.6 is 0 Å². The number of rotatable bonds is 12. The highest BCUT2D eigenvalue weighted by Crippen LogP contribution is 2.44. The molecule has 4 N–H and O–H groups in total. The fourth-order valence-corrected chi connectivity index (χ4v) is 7.34. The quantitative estimate of drug-likeness (QED) is 0.0785. The van der Waals surface area contributed by atoms with Crippen LogP contribution in [0.25, 0.3) is 32.3 Å². The van der Waals surface area contributed by atoms with Crippen LogP contribution in [-0.2, 0) is 41.8 Å². The third-order valence-corrected chi connectivity index (χ3v) is 9.51. The van der Waals surface area contributed by atoms with Gasteiger partial charge in [-0.25, -0.2) is 8.42 Å². The Bertz CT molecular complexity index is 1870. The van der Waals surface area contributed by atoms with Crippen molar-refractivity contribution in [1.82, 2.24) is 10.0 Å². The van der Waals surface area contributed by atoms with Gasteiger partial charge in [-0.2, -0.15) is 4.72 Å². The maximum atomic E-state index is 13.6. The summed E-state index contributed by atoms with van der Waals surface area (Å²) in [4.78, 5) is 22.3. The van der Waals surface area contributed by atoms with Crippen LogP contribution in [0.5, 0.6) is 5.75 Å². The number of carbonyl (C=O) groups is 2. The molecule has 0 aliphatic carbocycles. The molecule has 0 bridgehead atoms. The van der Waals surface area contributed by atoms with Crippen LogP contribution < -0.4 is 10.0 Å². The Morgan fingerprint density at radius 2 is 1.49 bits per heavy atom. The standard InChI is InChI=1S/C26H26N2O10S3/c1-13(2)25(30)27-10-4-3-5-18(26(31)32)28-41(37,38)22-12-21(40(35)36)16-8-7-15-20(39(33)34)11-19(29)14-6-9-17(22)24(16)23(14)15/h6-9,11-12,18,28-29H,1,3-5,10H2,2H3,(H,27,30)(H,31,32)(H,33,34)(H,35,36)/p-2. The van der Waals surface area contributed by atoms with Gasteiger partial charge in [0.05, 0.1) is 4.90 Å². The summed E-state index contributed by atoms with van der Waals surface area (Å²) in [5, 5.41) is 23.4. The van der Waals surface area contributed by atoms with E-state index < -0.39 is 59.7 Å². The molecule has 0 aromatic heterocycles. The van der Waals surface area contributed by atoms with Crippen LogP contribution in [0.4, 0.5) is 0 Å². The van der Waals surface area contributed by atoms with E-state index >= 15 is 0 Å². The van der Waals surface area contributed by atoms with E-state index in [2.05, 4.69) is 16.6 Å². The maximum Gasteiger partial charge on any atom is 0.321 e. The fraction of sp³-hybridized carbons (Fsp3) is 0.231. The molecular weight excluding hydrogens is 596 g/mol. The Kier molecular flexibility index (Phi) is 8.77. The number of benzene rings is 4. The van der Waals surface area contributed by atoms with Crippen LogP contribution in [0.3, 0.4) is 0 Å². The van der Waals surface area contributed by atoms with Crippen LogP contribution in [0.1, 0.15) is 26.2 Å². The lowest BCUT2D eigenvalue weighted by Gasteiger charge is -2.21. The highest BCUT2D eigenvalue weighted by Gasteiger charge is 2.29. The highest BCUT2D eigenvalue weighted by molar-refractivity contribution is 7.89. The summed E-state index contributed by atoms with van der Waals surface area (Å²) in [5.41, 5.74) is 0.306. The first-order valence-corrected chi connectivity index (χ1v) is 15.7. The molecule has 1 amide bonds. The van der Waals surface area contributed by atoms with Gasteiger partial charge in [0.25, 0.3) is 0 Å². The number of aliphatic carboxylic acids is 1. The number of hydrogen-bond donors (Lipinski definition) is 4. The van der Waals surface area contributed by atoms with Gasteiger partial charge in [-0.1, -0.05) is 24.8 Å². The highest BCUT2D eigenvalue weighted by atomic mass is 32.2. The molecule has 4 aromatic rings. The zero-order valence-corrected chi connectivity index (χ0v) is 23.9. The average molecular weight is 621 g/mol. The van der Waals surface area contributed by atoms with E-state index in [1.807, 2.05) is 0 Å². The van der Waals surface area contributed by atoms with Crippen molar-refractivity contribution < 1.29 is 45.7 Å². The summed E-state index contributed by atoms with van der Waals surface area (Å²) in [6.07, 6.45) is 0.463. The third kappa shape index (κ3) is 5.95. The summed E-state index contributed by atoms with van der Waals surface area (Å²) in [7, 11) is -4.66. The van der Waals surface area contributed by atoms with Gasteiger partial charge in [-0.3, -0.25) is 18.0 Å². The zero-order valence-electron chi connectivity index (χ0n) is 21.5. The minimum atomic E-state index is -4.66. The minimum Gasteiger partial charge on any atom is -0.768 e. The number of hydrogen-bond acceptors (Lipinski definition) is 9. The van der Waals surface area contributed by atoms with Gasteiger partial charge < -0.3 is 24.6 Å². The van der Waals surface area contributed by atoms with Gasteiger partial charge in [0.2, 0.25) is 15.9 Å². The summed E-state index contributed by atoms with van der Waals surface area (Å²) >= 11 is -5.73. The van der Waals surface area contributed by atoms with E-state index in [0.29, 0.717) is 12.0 Å². The lowest BCUT2D eigenvalue weighted by Crippen LogP contribution is -2.40. The van der Waals surface area contributed by atoms with Crippen molar-refractivity contribution in [3.8, 4) is 5.75 Å². The van der Waals surface area contributed by atoms with Crippen LogP contribution in [-0.4, -0.2) is 60.6 Å². The van der Waals surface area contributed by atoms with Crippen LogP contribution in [0.15, 0.2) is 63.2 Å². The molecule has 0 saturated heterocycles. The zero-order chi connectivity index (χ0) is 30.2. The molecule has 0 heterocycles. The first-order valence-electron chi connectivity index (χ1n) is 12.1. The van der Waals surface area contributed by atoms with E-state index in [4.69, 9.17) is 0 Å². The van der Waals surface area contributed by atoms with Crippen molar-refractivity contribution in [3.05, 3.63) is 48.6 Å². The molecule has 0 saturated carbocycles. The Labute approximate surface area is 239 Å². The number of aromatic hydroxyl groups is 1. The first-order chi connectivity index (χ1) is 19.2. The first kappa shape index (κ1) is 30.5. The lowest BCUT2D eigenvalue weighted by atomic mass is 9.94. The molecular formula is C26H24N2O10S3-2. The Morgan fingerprint density at radius 3 is 2.05 bits per heavy atom. The summed E-state index contributed by atoms with van der Waals surface area (Å²) in [5.74, 6) is -2.23. The second-order valence-corrected chi connectivity index (χ2v) is 12.9. The number of phenols is 1. The predicted molar refractivity (Wildman–Crippen MR) is 150 cm³/mol. The van der Waals surface area contributed by atoms with Gasteiger partial charge in [0.15, 0.2) is 0 Å². The van der Waals surface area contributed by atoms with Crippen molar-refractivity contribution in [2.24, 2.45) is 0 Å². The Morgan fingerprint density at radius 1 is 0.951 bits per heavy atom.